The lowest BCUT2D eigenvalue weighted by molar-refractivity contribution is -0.137. The molecule has 1 aliphatic heterocycles. The van der Waals surface area contributed by atoms with Gasteiger partial charge in [-0.05, 0) is 11.8 Å². The van der Waals surface area contributed by atoms with Crippen molar-refractivity contribution in [2.24, 2.45) is 11.8 Å². The van der Waals surface area contributed by atoms with Crippen molar-refractivity contribution in [2.75, 3.05) is 45.9 Å². The van der Waals surface area contributed by atoms with Crippen molar-refractivity contribution in [3.05, 3.63) is 0 Å². The zero-order valence-corrected chi connectivity index (χ0v) is 14.6. The summed E-state index contributed by atoms with van der Waals surface area (Å²) in [4.78, 5) is 28.1. The number of carbonyl (C=O) groups is 2. The second-order valence-corrected chi connectivity index (χ2v) is 7.01. The van der Waals surface area contributed by atoms with Gasteiger partial charge >= 0.3 is 0 Å². The van der Waals surface area contributed by atoms with Crippen LogP contribution in [0.2, 0.25) is 0 Å². The van der Waals surface area contributed by atoms with Crippen molar-refractivity contribution < 1.29 is 14.3 Å². The van der Waals surface area contributed by atoms with Crippen LogP contribution in [0.4, 0.5) is 0 Å². The number of ketones is 1. The van der Waals surface area contributed by atoms with Crippen LogP contribution in [-0.4, -0.2) is 67.4 Å². The summed E-state index contributed by atoms with van der Waals surface area (Å²) in [5.41, 5.74) is 0. The van der Waals surface area contributed by atoms with Crippen LogP contribution in [0.25, 0.3) is 0 Å². The minimum Gasteiger partial charge on any atom is -0.381 e. The Hall–Kier alpha value is -0.940. The average molecular weight is 312 g/mol. The predicted molar refractivity (Wildman–Crippen MR) is 87.8 cm³/mol. The van der Waals surface area contributed by atoms with Gasteiger partial charge in [-0.15, -0.1) is 0 Å². The quantitative estimate of drug-likeness (QED) is 0.481. The van der Waals surface area contributed by atoms with E-state index in [1.54, 1.807) is 0 Å². The number of Topliss-reactive ketones (excluding diaryl/α,β-unsaturated/α-hetero) is 1. The normalized spacial score (nSPS) is 16.5. The van der Waals surface area contributed by atoms with Crippen LogP contribution in [-0.2, 0) is 14.3 Å². The van der Waals surface area contributed by atoms with E-state index in [-0.39, 0.29) is 18.1 Å². The smallest absolute Gasteiger partial charge is 0.230 e. The van der Waals surface area contributed by atoms with Crippen LogP contribution in [0.1, 0.15) is 40.5 Å². The maximum atomic E-state index is 12.1. The topological polar surface area (TPSA) is 49.9 Å². The van der Waals surface area contributed by atoms with Gasteiger partial charge in [0, 0.05) is 45.8 Å². The van der Waals surface area contributed by atoms with Crippen molar-refractivity contribution in [3.63, 3.8) is 0 Å². The molecule has 1 amide bonds. The Labute approximate surface area is 135 Å². The molecule has 0 aromatic rings. The number of ether oxygens (including phenoxy) is 1. The Morgan fingerprint density at radius 3 is 2.18 bits per heavy atom. The van der Waals surface area contributed by atoms with Crippen LogP contribution in [0.15, 0.2) is 0 Å². The Kier molecular flexibility index (Phi) is 8.64. The minimum absolute atomic E-state index is 0.0154. The van der Waals surface area contributed by atoms with E-state index in [1.165, 1.54) is 0 Å². The Morgan fingerprint density at radius 2 is 1.64 bits per heavy atom. The summed E-state index contributed by atoms with van der Waals surface area (Å²) in [6.07, 6.45) is 0.362. The number of piperazine rings is 1. The summed E-state index contributed by atoms with van der Waals surface area (Å²) in [7, 11) is 0. The molecule has 1 heterocycles. The van der Waals surface area contributed by atoms with Crippen LogP contribution in [0, 0.1) is 11.8 Å². The second-order valence-electron chi connectivity index (χ2n) is 7.01. The van der Waals surface area contributed by atoms with Crippen molar-refractivity contribution in [1.82, 2.24) is 9.80 Å². The lowest BCUT2D eigenvalue weighted by Crippen LogP contribution is -2.49. The lowest BCUT2D eigenvalue weighted by atomic mass is 10.1. The Bertz CT molecular complexity index is 348. The monoisotopic (exact) mass is 312 g/mol. The fourth-order valence-electron chi connectivity index (χ4n) is 2.57. The Morgan fingerprint density at radius 1 is 1.00 bits per heavy atom. The van der Waals surface area contributed by atoms with E-state index in [1.807, 2.05) is 4.90 Å². The average Bonchev–Trinajstić information content (AvgIpc) is 2.43. The first-order valence-corrected chi connectivity index (χ1v) is 8.48. The molecule has 0 aliphatic carbocycles. The molecule has 0 spiro atoms. The largest absolute Gasteiger partial charge is 0.381 e. The van der Waals surface area contributed by atoms with E-state index >= 15 is 0 Å². The zero-order chi connectivity index (χ0) is 16.5. The van der Waals surface area contributed by atoms with E-state index in [4.69, 9.17) is 4.74 Å². The van der Waals surface area contributed by atoms with E-state index < -0.39 is 0 Å². The van der Waals surface area contributed by atoms with Crippen molar-refractivity contribution in [2.45, 2.75) is 40.5 Å². The van der Waals surface area contributed by atoms with Crippen LogP contribution >= 0.6 is 0 Å². The van der Waals surface area contributed by atoms with Crippen molar-refractivity contribution in [1.29, 1.82) is 0 Å². The highest BCUT2D eigenvalue weighted by Crippen LogP contribution is 2.07. The van der Waals surface area contributed by atoms with Gasteiger partial charge < -0.3 is 9.64 Å². The van der Waals surface area contributed by atoms with E-state index in [0.29, 0.717) is 31.5 Å². The van der Waals surface area contributed by atoms with Gasteiger partial charge in [0.1, 0.15) is 5.78 Å². The second kappa shape index (κ2) is 9.95. The molecule has 1 fully saturated rings. The van der Waals surface area contributed by atoms with Gasteiger partial charge in [0.05, 0.1) is 13.0 Å². The maximum Gasteiger partial charge on any atom is 0.230 e. The minimum atomic E-state index is -0.0296. The van der Waals surface area contributed by atoms with Gasteiger partial charge in [0.15, 0.2) is 0 Å². The van der Waals surface area contributed by atoms with Gasteiger partial charge in [-0.25, -0.2) is 0 Å². The number of hydrogen-bond acceptors (Lipinski definition) is 4. The van der Waals surface area contributed by atoms with Crippen LogP contribution in [0.5, 0.6) is 0 Å². The summed E-state index contributed by atoms with van der Waals surface area (Å²) >= 11 is 0. The number of amides is 1. The van der Waals surface area contributed by atoms with Crippen molar-refractivity contribution in [3.8, 4) is 0 Å². The summed E-state index contributed by atoms with van der Waals surface area (Å²) < 4.78 is 5.39. The molecule has 0 aromatic carbocycles. The standard InChI is InChI=1S/C17H32N2O3/c1-14(2)12-18-6-8-19(9-7-18)17(21)11-16(20)5-10-22-13-15(3)4/h14-15H,5-13H2,1-4H3. The van der Waals surface area contributed by atoms with Gasteiger partial charge in [0.2, 0.25) is 5.91 Å². The third kappa shape index (κ3) is 7.90. The molecule has 0 N–H and O–H groups in total. The fraction of sp³-hybridized carbons (Fsp3) is 0.882. The molecule has 0 aromatic heterocycles. The molecule has 0 atom stereocenters. The van der Waals surface area contributed by atoms with Gasteiger partial charge in [-0.1, -0.05) is 27.7 Å². The molecule has 0 unspecified atom stereocenters. The number of hydrogen-bond donors (Lipinski definition) is 0. The summed E-state index contributed by atoms with van der Waals surface area (Å²) in [6.45, 7) is 14.0. The molecule has 0 radical (unpaired) electrons. The lowest BCUT2D eigenvalue weighted by Gasteiger charge is -2.35. The highest BCUT2D eigenvalue weighted by atomic mass is 16.5. The summed E-state index contributed by atoms with van der Waals surface area (Å²) in [5.74, 6) is 1.07. The molecule has 22 heavy (non-hydrogen) atoms. The molecule has 0 saturated carbocycles. The van der Waals surface area contributed by atoms with E-state index in [2.05, 4.69) is 32.6 Å². The summed E-state index contributed by atoms with van der Waals surface area (Å²) in [6, 6.07) is 0. The molecule has 1 rings (SSSR count). The number of rotatable bonds is 9. The molecule has 1 saturated heterocycles. The molecule has 5 heteroatoms. The molecule has 0 bridgehead atoms. The first-order chi connectivity index (χ1) is 10.4. The molecular weight excluding hydrogens is 280 g/mol. The predicted octanol–water partition coefficient (Wildman–Crippen LogP) is 1.81. The maximum absolute atomic E-state index is 12.1. The van der Waals surface area contributed by atoms with Gasteiger partial charge in [-0.3, -0.25) is 14.5 Å². The van der Waals surface area contributed by atoms with E-state index in [9.17, 15) is 9.59 Å². The zero-order valence-electron chi connectivity index (χ0n) is 14.6. The third-order valence-electron chi connectivity index (χ3n) is 3.67. The van der Waals surface area contributed by atoms with Gasteiger partial charge in [0.25, 0.3) is 0 Å². The highest BCUT2D eigenvalue weighted by Gasteiger charge is 2.22. The van der Waals surface area contributed by atoms with Crippen LogP contribution in [0.3, 0.4) is 0 Å². The molecular formula is C17H32N2O3. The summed E-state index contributed by atoms with van der Waals surface area (Å²) in [5, 5.41) is 0. The fourth-order valence-corrected chi connectivity index (χ4v) is 2.57. The first-order valence-electron chi connectivity index (χ1n) is 8.48. The Balaban J connectivity index is 2.18. The molecule has 5 nitrogen and oxygen atoms in total. The SMILES string of the molecule is CC(C)COCCC(=O)CC(=O)N1CCN(CC(C)C)CC1. The molecule has 128 valence electrons. The molecule has 1 aliphatic rings. The van der Waals surface area contributed by atoms with Crippen molar-refractivity contribution >= 4 is 11.7 Å². The van der Waals surface area contributed by atoms with Gasteiger partial charge in [-0.2, -0.15) is 0 Å². The van der Waals surface area contributed by atoms with E-state index in [0.717, 1.165) is 32.7 Å². The first kappa shape index (κ1) is 19.1. The van der Waals surface area contributed by atoms with Crippen LogP contribution < -0.4 is 0 Å². The number of nitrogens with zero attached hydrogens (tertiary/aromatic N) is 2. The number of carbonyl (C=O) groups excluding carboxylic acids is 2. The third-order valence-corrected chi connectivity index (χ3v) is 3.67. The highest BCUT2D eigenvalue weighted by molar-refractivity contribution is 5.98.